The Morgan fingerprint density at radius 2 is 2.27 bits per heavy atom. The first-order valence-corrected chi connectivity index (χ1v) is 5.74. The van der Waals surface area contributed by atoms with Crippen LogP contribution in [0.1, 0.15) is 46.5 Å². The van der Waals surface area contributed by atoms with Crippen LogP contribution < -0.4 is 0 Å². The molecule has 3 heteroatoms. The summed E-state index contributed by atoms with van der Waals surface area (Å²) in [7, 11) is 0. The van der Waals surface area contributed by atoms with Gasteiger partial charge in [-0.15, -0.1) is 0 Å². The van der Waals surface area contributed by atoms with Crippen molar-refractivity contribution in [3.63, 3.8) is 0 Å². The van der Waals surface area contributed by atoms with Crippen LogP contribution in [0.5, 0.6) is 0 Å². The van der Waals surface area contributed by atoms with Gasteiger partial charge in [-0.2, -0.15) is 0 Å². The maximum absolute atomic E-state index is 11.3. The van der Waals surface area contributed by atoms with Crippen molar-refractivity contribution in [3.8, 4) is 0 Å². The topological polar surface area (TPSA) is 46.5 Å². The molecule has 1 rings (SSSR count). The molecule has 0 aromatic rings. The molecule has 1 heterocycles. The number of carbonyl (C=O) groups excluding carboxylic acids is 1. The van der Waals surface area contributed by atoms with Gasteiger partial charge in [0.2, 0.25) is 0 Å². The normalized spacial score (nSPS) is 26.5. The summed E-state index contributed by atoms with van der Waals surface area (Å²) in [5, 5.41) is 8.87. The summed E-state index contributed by atoms with van der Waals surface area (Å²) < 4.78 is 5.84. The van der Waals surface area contributed by atoms with Crippen LogP contribution in [0.25, 0.3) is 0 Å². The molecule has 15 heavy (non-hydrogen) atoms. The van der Waals surface area contributed by atoms with E-state index in [0.29, 0.717) is 6.42 Å². The molecule has 2 atom stereocenters. The van der Waals surface area contributed by atoms with Gasteiger partial charge in [0.05, 0.1) is 11.7 Å². The number of Topliss-reactive ketones (excluding diaryl/α,β-unsaturated/α-hetero) is 1. The Morgan fingerprint density at radius 3 is 2.67 bits per heavy atom. The second kappa shape index (κ2) is 5.08. The minimum absolute atomic E-state index is 0.0334. The van der Waals surface area contributed by atoms with Gasteiger partial charge in [-0.05, 0) is 46.5 Å². The summed E-state index contributed by atoms with van der Waals surface area (Å²) >= 11 is 0. The van der Waals surface area contributed by atoms with Crippen molar-refractivity contribution >= 4 is 5.78 Å². The van der Waals surface area contributed by atoms with Crippen molar-refractivity contribution in [3.05, 3.63) is 0 Å². The number of hydrogen-bond acceptors (Lipinski definition) is 3. The van der Waals surface area contributed by atoms with Crippen LogP contribution in [0.4, 0.5) is 0 Å². The molecular formula is C12H22O3. The molecule has 2 unspecified atom stereocenters. The molecule has 0 bridgehead atoms. The smallest absolute Gasteiger partial charge is 0.133 e. The van der Waals surface area contributed by atoms with Crippen molar-refractivity contribution in [1.82, 2.24) is 0 Å². The summed E-state index contributed by atoms with van der Waals surface area (Å²) in [6, 6.07) is 0. The van der Waals surface area contributed by atoms with E-state index in [-0.39, 0.29) is 30.0 Å². The van der Waals surface area contributed by atoms with Gasteiger partial charge in [-0.1, -0.05) is 0 Å². The number of aliphatic hydroxyl groups is 1. The van der Waals surface area contributed by atoms with E-state index in [0.717, 1.165) is 19.3 Å². The lowest BCUT2D eigenvalue weighted by Crippen LogP contribution is -2.24. The lowest BCUT2D eigenvalue weighted by Gasteiger charge is -2.21. The fraction of sp³-hybridized carbons (Fsp3) is 0.917. The number of hydrogen-bond donors (Lipinski definition) is 1. The van der Waals surface area contributed by atoms with E-state index < -0.39 is 0 Å². The Bertz CT molecular complexity index is 223. The van der Waals surface area contributed by atoms with Crippen molar-refractivity contribution in [2.45, 2.75) is 58.2 Å². The summed E-state index contributed by atoms with van der Waals surface area (Å²) in [5.74, 6) is 0.131. The quantitative estimate of drug-likeness (QED) is 0.760. The number of ether oxygens (including phenoxy) is 1. The fourth-order valence-electron chi connectivity index (χ4n) is 2.20. The van der Waals surface area contributed by atoms with Crippen molar-refractivity contribution in [1.29, 1.82) is 0 Å². The van der Waals surface area contributed by atoms with Gasteiger partial charge in [0.25, 0.3) is 0 Å². The van der Waals surface area contributed by atoms with Crippen LogP contribution in [-0.4, -0.2) is 29.2 Å². The van der Waals surface area contributed by atoms with E-state index in [1.165, 1.54) is 0 Å². The average Bonchev–Trinajstić information content (AvgIpc) is 2.44. The lowest BCUT2D eigenvalue weighted by atomic mass is 9.93. The first-order chi connectivity index (χ1) is 6.94. The van der Waals surface area contributed by atoms with E-state index in [1.807, 2.05) is 0 Å². The highest BCUT2D eigenvalue weighted by molar-refractivity contribution is 5.78. The Labute approximate surface area is 91.8 Å². The molecule has 0 aromatic carbocycles. The van der Waals surface area contributed by atoms with Gasteiger partial charge in [0, 0.05) is 12.5 Å². The summed E-state index contributed by atoms with van der Waals surface area (Å²) in [6.07, 6.45) is 3.61. The van der Waals surface area contributed by atoms with Gasteiger partial charge in [0.15, 0.2) is 0 Å². The van der Waals surface area contributed by atoms with E-state index in [2.05, 4.69) is 13.8 Å². The molecule has 0 radical (unpaired) electrons. The third kappa shape index (κ3) is 3.92. The van der Waals surface area contributed by atoms with E-state index in [9.17, 15) is 4.79 Å². The minimum atomic E-state index is -0.0365. The molecule has 0 aliphatic carbocycles. The number of ketones is 1. The van der Waals surface area contributed by atoms with Crippen molar-refractivity contribution < 1.29 is 14.6 Å². The highest BCUT2D eigenvalue weighted by Gasteiger charge is 2.33. The van der Waals surface area contributed by atoms with Crippen LogP contribution >= 0.6 is 0 Å². The molecule has 3 nitrogen and oxygen atoms in total. The molecule has 0 amide bonds. The van der Waals surface area contributed by atoms with Gasteiger partial charge in [-0.25, -0.2) is 0 Å². The Morgan fingerprint density at radius 1 is 1.60 bits per heavy atom. The zero-order chi connectivity index (χ0) is 11.5. The van der Waals surface area contributed by atoms with E-state index in [4.69, 9.17) is 9.84 Å². The van der Waals surface area contributed by atoms with Crippen molar-refractivity contribution in [2.24, 2.45) is 5.92 Å². The molecule has 1 N–H and O–H groups in total. The Balaban J connectivity index is 2.42. The summed E-state index contributed by atoms with van der Waals surface area (Å²) in [6.45, 7) is 5.85. The zero-order valence-corrected chi connectivity index (χ0v) is 9.95. The van der Waals surface area contributed by atoms with Crippen LogP contribution in [0.15, 0.2) is 0 Å². The maximum Gasteiger partial charge on any atom is 0.133 e. The maximum atomic E-state index is 11.3. The molecule has 0 aromatic heterocycles. The largest absolute Gasteiger partial charge is 0.396 e. The molecule has 1 saturated heterocycles. The second-order valence-electron chi connectivity index (χ2n) is 5.09. The molecule has 88 valence electrons. The molecule has 0 spiro atoms. The average molecular weight is 214 g/mol. The molecule has 0 saturated carbocycles. The fourth-order valence-corrected chi connectivity index (χ4v) is 2.20. The number of rotatable bonds is 5. The summed E-state index contributed by atoms with van der Waals surface area (Å²) in [4.78, 5) is 11.3. The third-order valence-electron chi connectivity index (χ3n) is 3.15. The SMILES string of the molecule is CC(=O)C(CCO)CC1CCC(C)(C)O1. The van der Waals surface area contributed by atoms with Crippen LogP contribution in [0.3, 0.4) is 0 Å². The zero-order valence-electron chi connectivity index (χ0n) is 9.95. The number of aliphatic hydroxyl groups excluding tert-OH is 1. The molecule has 1 aliphatic heterocycles. The van der Waals surface area contributed by atoms with Crippen LogP contribution in [0.2, 0.25) is 0 Å². The third-order valence-corrected chi connectivity index (χ3v) is 3.15. The first kappa shape index (κ1) is 12.7. The van der Waals surface area contributed by atoms with E-state index >= 15 is 0 Å². The lowest BCUT2D eigenvalue weighted by molar-refractivity contribution is -0.123. The molecule has 1 aliphatic rings. The Kier molecular flexibility index (Phi) is 4.29. The monoisotopic (exact) mass is 214 g/mol. The van der Waals surface area contributed by atoms with Crippen LogP contribution in [0, 0.1) is 5.92 Å². The van der Waals surface area contributed by atoms with Gasteiger partial charge in [-0.3, -0.25) is 4.79 Å². The van der Waals surface area contributed by atoms with Crippen LogP contribution in [-0.2, 0) is 9.53 Å². The highest BCUT2D eigenvalue weighted by Crippen LogP contribution is 2.33. The molecule has 1 fully saturated rings. The number of carbonyl (C=O) groups is 1. The second-order valence-corrected chi connectivity index (χ2v) is 5.09. The van der Waals surface area contributed by atoms with E-state index in [1.54, 1.807) is 6.92 Å². The van der Waals surface area contributed by atoms with Gasteiger partial charge >= 0.3 is 0 Å². The predicted octanol–water partition coefficient (Wildman–Crippen LogP) is 1.92. The standard InChI is InChI=1S/C12H22O3/c1-9(14)10(5-7-13)8-11-4-6-12(2,3)15-11/h10-11,13H,4-8H2,1-3H3. The van der Waals surface area contributed by atoms with Gasteiger partial charge < -0.3 is 9.84 Å². The Hall–Kier alpha value is -0.410. The summed E-state index contributed by atoms with van der Waals surface area (Å²) in [5.41, 5.74) is -0.0365. The van der Waals surface area contributed by atoms with Crippen molar-refractivity contribution in [2.75, 3.05) is 6.61 Å². The predicted molar refractivity (Wildman–Crippen MR) is 58.7 cm³/mol. The highest BCUT2D eigenvalue weighted by atomic mass is 16.5. The first-order valence-electron chi connectivity index (χ1n) is 5.74. The molecular weight excluding hydrogens is 192 g/mol. The van der Waals surface area contributed by atoms with Gasteiger partial charge in [0.1, 0.15) is 5.78 Å². The minimum Gasteiger partial charge on any atom is -0.396 e.